The van der Waals surface area contributed by atoms with Crippen LogP contribution in [0.3, 0.4) is 0 Å². The van der Waals surface area contributed by atoms with E-state index < -0.39 is 5.82 Å². The molecule has 0 amide bonds. The number of halogens is 1. The van der Waals surface area contributed by atoms with Gasteiger partial charge in [0.15, 0.2) is 11.6 Å². The van der Waals surface area contributed by atoms with Crippen molar-refractivity contribution in [3.63, 3.8) is 0 Å². The molecule has 2 unspecified atom stereocenters. The molecular formula is C17H27FN2O. The number of rotatable bonds is 4. The van der Waals surface area contributed by atoms with Crippen molar-refractivity contribution in [2.75, 3.05) is 11.1 Å². The highest BCUT2D eigenvalue weighted by Crippen LogP contribution is 2.32. The Hall–Kier alpha value is -1.45. The van der Waals surface area contributed by atoms with Gasteiger partial charge in [-0.3, -0.25) is 0 Å². The maximum Gasteiger partial charge on any atom is 0.167 e. The molecule has 1 aliphatic rings. The highest BCUT2D eigenvalue weighted by Gasteiger charge is 2.18. The molecule has 0 saturated heterocycles. The van der Waals surface area contributed by atoms with Crippen LogP contribution in [0, 0.1) is 11.7 Å². The van der Waals surface area contributed by atoms with Gasteiger partial charge in [0.25, 0.3) is 0 Å². The third-order valence-electron chi connectivity index (χ3n) is 4.08. The maximum atomic E-state index is 13.9. The standard InChI is InChI=1S/C17H27FN2O/c1-11(2)21-17-10-16(15(19)9-14(17)18)20-13-6-4-5-12(3)7-8-13/h9-13,20H,4-8,19H2,1-3H3. The zero-order valence-corrected chi connectivity index (χ0v) is 13.3. The van der Waals surface area contributed by atoms with Crippen molar-refractivity contribution in [1.82, 2.24) is 0 Å². The van der Waals surface area contributed by atoms with Crippen LogP contribution in [0.2, 0.25) is 0 Å². The van der Waals surface area contributed by atoms with E-state index in [9.17, 15) is 4.39 Å². The molecule has 0 bridgehead atoms. The van der Waals surface area contributed by atoms with Gasteiger partial charge in [-0.1, -0.05) is 19.8 Å². The fourth-order valence-electron chi connectivity index (χ4n) is 2.89. The molecule has 0 aliphatic heterocycles. The van der Waals surface area contributed by atoms with Crippen molar-refractivity contribution in [1.29, 1.82) is 0 Å². The van der Waals surface area contributed by atoms with Crippen molar-refractivity contribution in [2.45, 2.75) is 65.0 Å². The summed E-state index contributed by atoms with van der Waals surface area (Å²) in [4.78, 5) is 0. The van der Waals surface area contributed by atoms with Crippen LogP contribution in [0.25, 0.3) is 0 Å². The number of nitrogens with two attached hydrogens (primary N) is 1. The van der Waals surface area contributed by atoms with Crippen LogP contribution in [0.4, 0.5) is 15.8 Å². The quantitative estimate of drug-likeness (QED) is 0.631. The van der Waals surface area contributed by atoms with Gasteiger partial charge < -0.3 is 15.8 Å². The Labute approximate surface area is 127 Å². The van der Waals surface area contributed by atoms with Gasteiger partial charge in [0.05, 0.1) is 17.5 Å². The molecule has 0 aromatic heterocycles. The van der Waals surface area contributed by atoms with E-state index in [1.807, 2.05) is 13.8 Å². The van der Waals surface area contributed by atoms with Crippen LogP contribution in [-0.4, -0.2) is 12.1 Å². The number of hydrogen-bond acceptors (Lipinski definition) is 3. The summed E-state index contributed by atoms with van der Waals surface area (Å²) in [6.07, 6.45) is 5.97. The minimum atomic E-state index is -0.402. The number of nitrogen functional groups attached to an aromatic ring is 1. The topological polar surface area (TPSA) is 47.3 Å². The minimum absolute atomic E-state index is 0.0605. The van der Waals surface area contributed by atoms with Crippen molar-refractivity contribution in [2.24, 2.45) is 5.92 Å². The van der Waals surface area contributed by atoms with Gasteiger partial charge in [-0.05, 0) is 39.0 Å². The first-order valence-electron chi connectivity index (χ1n) is 7.98. The summed E-state index contributed by atoms with van der Waals surface area (Å²) in [6, 6.07) is 3.45. The number of hydrogen-bond donors (Lipinski definition) is 2. The summed E-state index contributed by atoms with van der Waals surface area (Å²) in [5.74, 6) is 0.659. The molecule has 21 heavy (non-hydrogen) atoms. The van der Waals surface area contributed by atoms with Crippen molar-refractivity contribution >= 4 is 11.4 Å². The third kappa shape index (κ3) is 4.51. The summed E-state index contributed by atoms with van der Waals surface area (Å²) >= 11 is 0. The molecule has 1 saturated carbocycles. The molecule has 1 aliphatic carbocycles. The Kier molecular flexibility index (Phi) is 5.32. The van der Waals surface area contributed by atoms with E-state index in [1.165, 1.54) is 25.3 Å². The van der Waals surface area contributed by atoms with E-state index in [1.54, 1.807) is 6.07 Å². The van der Waals surface area contributed by atoms with Gasteiger partial charge >= 0.3 is 0 Å². The fourth-order valence-corrected chi connectivity index (χ4v) is 2.89. The molecule has 1 aromatic rings. The van der Waals surface area contributed by atoms with E-state index in [0.29, 0.717) is 11.7 Å². The minimum Gasteiger partial charge on any atom is -0.488 e. The van der Waals surface area contributed by atoms with E-state index in [-0.39, 0.29) is 11.9 Å². The molecule has 0 spiro atoms. The van der Waals surface area contributed by atoms with Gasteiger partial charge in [-0.2, -0.15) is 0 Å². The molecular weight excluding hydrogens is 267 g/mol. The molecule has 2 atom stereocenters. The second kappa shape index (κ2) is 7.01. The van der Waals surface area contributed by atoms with Crippen molar-refractivity contribution in [3.8, 4) is 5.75 Å². The molecule has 3 nitrogen and oxygen atoms in total. The predicted molar refractivity (Wildman–Crippen MR) is 86.2 cm³/mol. The van der Waals surface area contributed by atoms with Crippen LogP contribution in [0.1, 0.15) is 52.9 Å². The maximum absolute atomic E-state index is 13.9. The third-order valence-corrected chi connectivity index (χ3v) is 4.08. The predicted octanol–water partition coefficient (Wildman–Crippen LogP) is 4.58. The Morgan fingerprint density at radius 3 is 2.71 bits per heavy atom. The lowest BCUT2D eigenvalue weighted by Crippen LogP contribution is -2.19. The lowest BCUT2D eigenvalue weighted by molar-refractivity contribution is 0.231. The lowest BCUT2D eigenvalue weighted by Gasteiger charge is -2.20. The summed E-state index contributed by atoms with van der Waals surface area (Å²) in [6.45, 7) is 6.08. The number of benzene rings is 1. The first kappa shape index (κ1) is 15.9. The van der Waals surface area contributed by atoms with Crippen LogP contribution in [-0.2, 0) is 0 Å². The van der Waals surface area contributed by atoms with Crippen molar-refractivity contribution in [3.05, 3.63) is 17.9 Å². The molecule has 1 aromatic carbocycles. The lowest BCUT2D eigenvalue weighted by atomic mass is 10.0. The smallest absolute Gasteiger partial charge is 0.167 e. The highest BCUT2D eigenvalue weighted by atomic mass is 19.1. The van der Waals surface area contributed by atoms with Gasteiger partial charge in [0, 0.05) is 18.2 Å². The normalized spacial score (nSPS) is 22.9. The van der Waals surface area contributed by atoms with Crippen LogP contribution >= 0.6 is 0 Å². The first-order chi connectivity index (χ1) is 9.95. The Morgan fingerprint density at radius 1 is 1.24 bits per heavy atom. The average Bonchev–Trinajstić information content (AvgIpc) is 2.60. The second-order valence-electron chi connectivity index (χ2n) is 6.49. The fraction of sp³-hybridized carbons (Fsp3) is 0.647. The van der Waals surface area contributed by atoms with Gasteiger partial charge in [-0.15, -0.1) is 0 Å². The average molecular weight is 294 g/mol. The van der Waals surface area contributed by atoms with Gasteiger partial charge in [-0.25, -0.2) is 4.39 Å². The Balaban J connectivity index is 2.11. The van der Waals surface area contributed by atoms with E-state index in [4.69, 9.17) is 10.5 Å². The molecule has 118 valence electrons. The van der Waals surface area contributed by atoms with Crippen molar-refractivity contribution < 1.29 is 9.13 Å². The first-order valence-corrected chi connectivity index (χ1v) is 7.98. The van der Waals surface area contributed by atoms with Crippen LogP contribution in [0.15, 0.2) is 12.1 Å². The summed E-state index contributed by atoms with van der Waals surface area (Å²) in [7, 11) is 0. The van der Waals surface area contributed by atoms with E-state index in [2.05, 4.69) is 12.2 Å². The van der Waals surface area contributed by atoms with E-state index >= 15 is 0 Å². The molecule has 2 rings (SSSR count). The SMILES string of the molecule is CC1CCCC(Nc2cc(OC(C)C)c(F)cc2N)CC1. The largest absolute Gasteiger partial charge is 0.488 e. The monoisotopic (exact) mass is 294 g/mol. The number of anilines is 2. The van der Waals surface area contributed by atoms with Gasteiger partial charge in [0.1, 0.15) is 0 Å². The summed E-state index contributed by atoms with van der Waals surface area (Å²) < 4.78 is 19.4. The Bertz CT molecular complexity index is 476. The van der Waals surface area contributed by atoms with Gasteiger partial charge in [0.2, 0.25) is 0 Å². The Morgan fingerprint density at radius 2 is 2.00 bits per heavy atom. The molecule has 0 heterocycles. The van der Waals surface area contributed by atoms with E-state index in [0.717, 1.165) is 24.4 Å². The number of nitrogens with one attached hydrogen (secondary N) is 1. The second-order valence-corrected chi connectivity index (χ2v) is 6.49. The molecule has 4 heteroatoms. The molecule has 3 N–H and O–H groups in total. The van der Waals surface area contributed by atoms with Crippen LogP contribution in [0.5, 0.6) is 5.75 Å². The summed E-state index contributed by atoms with van der Waals surface area (Å²) in [5.41, 5.74) is 7.18. The van der Waals surface area contributed by atoms with Crippen LogP contribution < -0.4 is 15.8 Å². The highest BCUT2D eigenvalue weighted by molar-refractivity contribution is 5.69. The zero-order chi connectivity index (χ0) is 15.4. The molecule has 0 radical (unpaired) electrons. The number of ether oxygens (including phenoxy) is 1. The summed E-state index contributed by atoms with van der Waals surface area (Å²) in [5, 5.41) is 3.48. The zero-order valence-electron chi connectivity index (χ0n) is 13.3. The molecule has 1 fully saturated rings.